The Morgan fingerprint density at radius 2 is 1.64 bits per heavy atom. The van der Waals surface area contributed by atoms with E-state index < -0.39 is 10.0 Å². The minimum atomic E-state index is -3.67. The largest absolute Gasteiger partial charge is 0.353 e. The highest BCUT2D eigenvalue weighted by Gasteiger charge is 2.25. The standard InChI is InChI=1S/C25H29Cl4N3O3S/c26-19-15-20(27)17-22(16-19)36(34,35)31-21-8-12-32(13-9-21)11-3-1-2-10-30-25(33)7-5-18-4-6-23(28)24(29)14-18/h4-7,14-17,21,31H,1-3,8-13H2,(H,30,33)/b7-5+. The van der Waals surface area contributed by atoms with Gasteiger partial charge in [0.1, 0.15) is 0 Å². The number of halogens is 4. The molecule has 11 heteroatoms. The van der Waals surface area contributed by atoms with Crippen LogP contribution in [0.1, 0.15) is 37.7 Å². The summed E-state index contributed by atoms with van der Waals surface area (Å²) in [5, 5.41) is 4.39. The first-order valence-electron chi connectivity index (χ1n) is 11.7. The molecule has 0 spiro atoms. The number of hydrogen-bond acceptors (Lipinski definition) is 4. The van der Waals surface area contributed by atoms with Crippen molar-refractivity contribution in [1.82, 2.24) is 14.9 Å². The fourth-order valence-electron chi connectivity index (χ4n) is 3.94. The summed E-state index contributed by atoms with van der Waals surface area (Å²) < 4.78 is 28.1. The van der Waals surface area contributed by atoms with Crippen LogP contribution in [0, 0.1) is 0 Å². The van der Waals surface area contributed by atoms with E-state index in [0.717, 1.165) is 57.3 Å². The Labute approximate surface area is 233 Å². The Bertz CT molecular complexity index is 1160. The molecule has 2 aromatic rings. The Balaban J connectivity index is 1.28. The monoisotopic (exact) mass is 591 g/mol. The van der Waals surface area contributed by atoms with Crippen molar-refractivity contribution in [1.29, 1.82) is 0 Å². The second-order valence-corrected chi connectivity index (χ2v) is 12.1. The van der Waals surface area contributed by atoms with Crippen LogP contribution >= 0.6 is 46.4 Å². The minimum absolute atomic E-state index is 0.0828. The van der Waals surface area contributed by atoms with Crippen LogP contribution in [0.4, 0.5) is 0 Å². The van der Waals surface area contributed by atoms with Crippen molar-refractivity contribution < 1.29 is 13.2 Å². The first-order chi connectivity index (χ1) is 17.1. The van der Waals surface area contributed by atoms with Gasteiger partial charge < -0.3 is 10.2 Å². The number of likely N-dealkylation sites (tertiary alicyclic amines) is 1. The molecule has 2 aromatic carbocycles. The topological polar surface area (TPSA) is 78.5 Å². The molecule has 0 aromatic heterocycles. The summed E-state index contributed by atoms with van der Waals surface area (Å²) in [6.45, 7) is 3.23. The number of amides is 1. The van der Waals surface area contributed by atoms with Gasteiger partial charge in [-0.2, -0.15) is 0 Å². The molecule has 0 bridgehead atoms. The molecule has 1 heterocycles. The molecular weight excluding hydrogens is 564 g/mol. The third-order valence-corrected chi connectivity index (χ3v) is 8.55. The SMILES string of the molecule is O=C(/C=C/c1ccc(Cl)c(Cl)c1)NCCCCCN1CCC(NS(=O)(=O)c2cc(Cl)cc(Cl)c2)CC1. The number of sulfonamides is 1. The molecule has 36 heavy (non-hydrogen) atoms. The number of hydrogen-bond donors (Lipinski definition) is 2. The van der Waals surface area contributed by atoms with Crippen molar-refractivity contribution in [2.45, 2.75) is 43.0 Å². The van der Waals surface area contributed by atoms with E-state index in [9.17, 15) is 13.2 Å². The Morgan fingerprint density at radius 1 is 0.944 bits per heavy atom. The lowest BCUT2D eigenvalue weighted by Crippen LogP contribution is -2.44. The predicted octanol–water partition coefficient (Wildman–Crippen LogP) is 6.04. The average molecular weight is 593 g/mol. The van der Waals surface area contributed by atoms with Gasteiger partial charge in [-0.1, -0.05) is 58.9 Å². The van der Waals surface area contributed by atoms with Gasteiger partial charge >= 0.3 is 0 Å². The molecule has 0 atom stereocenters. The highest BCUT2D eigenvalue weighted by Crippen LogP contribution is 2.24. The van der Waals surface area contributed by atoms with Gasteiger partial charge in [0.05, 0.1) is 14.9 Å². The van der Waals surface area contributed by atoms with Gasteiger partial charge in [-0.25, -0.2) is 13.1 Å². The summed E-state index contributed by atoms with van der Waals surface area (Å²) in [7, 11) is -3.67. The van der Waals surface area contributed by atoms with Crippen molar-refractivity contribution in [2.75, 3.05) is 26.2 Å². The summed E-state index contributed by atoms with van der Waals surface area (Å²) in [5.41, 5.74) is 0.810. The van der Waals surface area contributed by atoms with E-state index in [0.29, 0.717) is 16.6 Å². The number of nitrogens with one attached hydrogen (secondary N) is 2. The van der Waals surface area contributed by atoms with Gasteiger partial charge in [-0.05, 0) is 87.3 Å². The molecule has 0 aliphatic carbocycles. The van der Waals surface area contributed by atoms with E-state index in [1.807, 2.05) is 0 Å². The van der Waals surface area contributed by atoms with Gasteiger partial charge in [-0.3, -0.25) is 4.79 Å². The van der Waals surface area contributed by atoms with Crippen LogP contribution < -0.4 is 10.0 Å². The molecule has 2 N–H and O–H groups in total. The van der Waals surface area contributed by atoms with Gasteiger partial charge in [-0.15, -0.1) is 0 Å². The molecule has 0 saturated carbocycles. The van der Waals surface area contributed by atoms with Crippen molar-refractivity contribution in [3.8, 4) is 0 Å². The van der Waals surface area contributed by atoms with Crippen LogP contribution in [0.3, 0.4) is 0 Å². The van der Waals surface area contributed by atoms with Crippen LogP contribution in [0.25, 0.3) is 6.08 Å². The maximum absolute atomic E-state index is 12.7. The molecule has 0 radical (unpaired) electrons. The second kappa shape index (κ2) is 14.0. The molecule has 1 saturated heterocycles. The summed E-state index contributed by atoms with van der Waals surface area (Å²) >= 11 is 23.8. The molecule has 1 amide bonds. The molecule has 1 fully saturated rings. The van der Waals surface area contributed by atoms with Gasteiger partial charge in [0.25, 0.3) is 0 Å². The Kier molecular flexibility index (Phi) is 11.4. The number of unbranched alkanes of at least 4 members (excludes halogenated alkanes) is 2. The van der Waals surface area contributed by atoms with Crippen LogP contribution in [-0.2, 0) is 14.8 Å². The number of nitrogens with zero attached hydrogens (tertiary/aromatic N) is 1. The quantitative estimate of drug-likeness (QED) is 0.246. The van der Waals surface area contributed by atoms with Crippen molar-refractivity contribution >= 4 is 68.4 Å². The number of carbonyl (C=O) groups is 1. The number of carbonyl (C=O) groups excluding carboxylic acids is 1. The highest BCUT2D eigenvalue weighted by molar-refractivity contribution is 7.89. The van der Waals surface area contributed by atoms with Crippen molar-refractivity contribution in [3.63, 3.8) is 0 Å². The number of piperidine rings is 1. The second-order valence-electron chi connectivity index (χ2n) is 8.70. The zero-order chi connectivity index (χ0) is 26.1. The lowest BCUT2D eigenvalue weighted by molar-refractivity contribution is -0.116. The first kappa shape index (κ1) is 29.2. The molecular formula is C25H29Cl4N3O3S. The van der Waals surface area contributed by atoms with E-state index in [-0.39, 0.29) is 26.9 Å². The lowest BCUT2D eigenvalue weighted by Gasteiger charge is -2.32. The number of rotatable bonds is 11. The van der Waals surface area contributed by atoms with Crippen molar-refractivity contribution in [3.05, 3.63) is 68.1 Å². The van der Waals surface area contributed by atoms with Crippen LogP contribution in [0.2, 0.25) is 20.1 Å². The molecule has 3 rings (SSSR count). The molecule has 1 aliphatic rings. The third-order valence-electron chi connectivity index (χ3n) is 5.88. The maximum Gasteiger partial charge on any atom is 0.243 e. The zero-order valence-corrected chi connectivity index (χ0v) is 23.5. The first-order valence-corrected chi connectivity index (χ1v) is 14.7. The molecule has 6 nitrogen and oxygen atoms in total. The summed E-state index contributed by atoms with van der Waals surface area (Å²) in [4.78, 5) is 14.4. The van der Waals surface area contributed by atoms with E-state index in [1.54, 1.807) is 24.3 Å². The van der Waals surface area contributed by atoms with Crippen LogP contribution in [0.5, 0.6) is 0 Å². The minimum Gasteiger partial charge on any atom is -0.353 e. The fourth-order valence-corrected chi connectivity index (χ4v) is 6.28. The van der Waals surface area contributed by atoms with Gasteiger partial charge in [0.2, 0.25) is 15.9 Å². The average Bonchev–Trinajstić information content (AvgIpc) is 2.82. The third kappa shape index (κ3) is 9.53. The summed E-state index contributed by atoms with van der Waals surface area (Å²) in [6, 6.07) is 9.39. The molecule has 1 aliphatic heterocycles. The zero-order valence-electron chi connectivity index (χ0n) is 19.7. The van der Waals surface area contributed by atoms with E-state index in [1.165, 1.54) is 24.3 Å². The summed E-state index contributed by atoms with van der Waals surface area (Å²) in [6.07, 6.45) is 7.59. The summed E-state index contributed by atoms with van der Waals surface area (Å²) in [5.74, 6) is -0.148. The number of benzene rings is 2. The lowest BCUT2D eigenvalue weighted by atomic mass is 10.1. The molecule has 0 unspecified atom stereocenters. The molecule has 196 valence electrons. The van der Waals surface area contributed by atoms with Gasteiger partial charge in [0, 0.05) is 28.7 Å². The predicted molar refractivity (Wildman–Crippen MR) is 149 cm³/mol. The van der Waals surface area contributed by atoms with Crippen LogP contribution in [-0.4, -0.2) is 51.4 Å². The van der Waals surface area contributed by atoms with E-state index in [2.05, 4.69) is 14.9 Å². The smallest absolute Gasteiger partial charge is 0.243 e. The van der Waals surface area contributed by atoms with E-state index in [4.69, 9.17) is 46.4 Å². The Morgan fingerprint density at radius 3 is 2.31 bits per heavy atom. The normalized spacial score (nSPS) is 15.4. The van der Waals surface area contributed by atoms with Crippen molar-refractivity contribution in [2.24, 2.45) is 0 Å². The van der Waals surface area contributed by atoms with Gasteiger partial charge in [0.15, 0.2) is 0 Å². The highest BCUT2D eigenvalue weighted by atomic mass is 35.5. The fraction of sp³-hybridized carbons (Fsp3) is 0.400. The van der Waals surface area contributed by atoms with E-state index >= 15 is 0 Å². The Hall–Kier alpha value is -1.32. The maximum atomic E-state index is 12.7. The van der Waals surface area contributed by atoms with Crippen LogP contribution in [0.15, 0.2) is 47.4 Å².